The molecule has 1 amide bonds. The topological polar surface area (TPSA) is 41.1 Å². The highest BCUT2D eigenvalue weighted by Gasteiger charge is 2.21. The van der Waals surface area contributed by atoms with Gasteiger partial charge in [-0.1, -0.05) is 18.2 Å². The van der Waals surface area contributed by atoms with Gasteiger partial charge in [-0.25, -0.2) is 0 Å². The highest BCUT2D eigenvalue weighted by Crippen LogP contribution is 2.36. The third-order valence-corrected chi connectivity index (χ3v) is 4.06. The van der Waals surface area contributed by atoms with Gasteiger partial charge in [-0.2, -0.15) is 0 Å². The van der Waals surface area contributed by atoms with Crippen molar-refractivity contribution in [2.75, 3.05) is 19.6 Å². The molecule has 17 heavy (non-hydrogen) atoms. The van der Waals surface area contributed by atoms with Gasteiger partial charge in [0.15, 0.2) is 0 Å². The molecule has 0 saturated heterocycles. The van der Waals surface area contributed by atoms with Gasteiger partial charge < -0.3 is 10.6 Å². The highest BCUT2D eigenvalue weighted by molar-refractivity contribution is 8.00. The molecule has 1 aromatic rings. The molecule has 1 aromatic carbocycles. The van der Waals surface area contributed by atoms with E-state index in [9.17, 15) is 4.79 Å². The van der Waals surface area contributed by atoms with Gasteiger partial charge in [0.1, 0.15) is 0 Å². The first-order valence-electron chi connectivity index (χ1n) is 6.01. The lowest BCUT2D eigenvalue weighted by molar-refractivity contribution is -0.120. The van der Waals surface area contributed by atoms with E-state index in [-0.39, 0.29) is 5.91 Å². The van der Waals surface area contributed by atoms with E-state index in [1.807, 2.05) is 18.7 Å². The van der Waals surface area contributed by atoms with E-state index >= 15 is 0 Å². The van der Waals surface area contributed by atoms with E-state index < -0.39 is 0 Å². The summed E-state index contributed by atoms with van der Waals surface area (Å²) in [4.78, 5) is 12.6. The Bertz CT molecular complexity index is 370. The van der Waals surface area contributed by atoms with Crippen molar-refractivity contribution in [3.05, 3.63) is 29.8 Å². The molecule has 0 bridgehead atoms. The molecule has 1 aliphatic heterocycles. The summed E-state index contributed by atoms with van der Waals surface area (Å²) in [7, 11) is 0. The third kappa shape index (κ3) is 3.48. The van der Waals surface area contributed by atoms with Crippen molar-refractivity contribution >= 4 is 17.7 Å². The van der Waals surface area contributed by atoms with Crippen molar-refractivity contribution in [1.82, 2.24) is 10.6 Å². The zero-order valence-corrected chi connectivity index (χ0v) is 10.8. The molecule has 4 heteroatoms. The summed E-state index contributed by atoms with van der Waals surface area (Å²) in [5.41, 5.74) is 1.43. The maximum Gasteiger partial charge on any atom is 0.233 e. The lowest BCUT2D eigenvalue weighted by Gasteiger charge is -2.09. The number of fused-ring (bicyclic) bond motifs is 1. The number of carbonyl (C=O) groups is 1. The van der Waals surface area contributed by atoms with Crippen molar-refractivity contribution in [2.24, 2.45) is 0 Å². The van der Waals surface area contributed by atoms with Crippen LogP contribution in [0.15, 0.2) is 29.2 Å². The molecule has 1 heterocycles. The maximum absolute atomic E-state index is 11.3. The van der Waals surface area contributed by atoms with Crippen LogP contribution in [0.25, 0.3) is 0 Å². The molecule has 0 radical (unpaired) electrons. The molecule has 1 unspecified atom stereocenters. The normalized spacial score (nSPS) is 17.8. The molecule has 0 aliphatic carbocycles. The van der Waals surface area contributed by atoms with Crippen molar-refractivity contribution in [1.29, 1.82) is 0 Å². The molecule has 1 atom stereocenters. The van der Waals surface area contributed by atoms with E-state index in [2.05, 4.69) is 34.9 Å². The average Bonchev–Trinajstić information content (AvgIpc) is 2.71. The molecule has 2 rings (SSSR count). The van der Waals surface area contributed by atoms with Crippen LogP contribution in [-0.4, -0.2) is 30.8 Å². The van der Waals surface area contributed by atoms with Crippen LogP contribution in [0.1, 0.15) is 12.5 Å². The third-order valence-electron chi connectivity index (χ3n) is 2.75. The van der Waals surface area contributed by atoms with Gasteiger partial charge >= 0.3 is 0 Å². The number of thioether (sulfide) groups is 1. The minimum atomic E-state index is 0.0769. The first-order valence-corrected chi connectivity index (χ1v) is 6.89. The van der Waals surface area contributed by atoms with Gasteiger partial charge in [0.05, 0.1) is 6.54 Å². The monoisotopic (exact) mass is 250 g/mol. The number of nitrogens with one attached hydrogen (secondary N) is 2. The van der Waals surface area contributed by atoms with Crippen LogP contribution in [0.2, 0.25) is 0 Å². The van der Waals surface area contributed by atoms with Crippen molar-refractivity contribution in [3.63, 3.8) is 0 Å². The van der Waals surface area contributed by atoms with Gasteiger partial charge in [-0.15, -0.1) is 11.8 Å². The lowest BCUT2D eigenvalue weighted by Crippen LogP contribution is -2.36. The summed E-state index contributed by atoms with van der Waals surface area (Å²) in [6, 6.07) is 8.52. The fraction of sp³-hybridized carbons (Fsp3) is 0.462. The number of amides is 1. The van der Waals surface area contributed by atoms with Crippen LogP contribution >= 0.6 is 11.8 Å². The van der Waals surface area contributed by atoms with E-state index in [0.29, 0.717) is 18.3 Å². The van der Waals surface area contributed by atoms with Gasteiger partial charge in [0.2, 0.25) is 5.91 Å². The highest BCUT2D eigenvalue weighted by atomic mass is 32.2. The van der Waals surface area contributed by atoms with Gasteiger partial charge in [-0.05, 0) is 25.0 Å². The molecule has 1 aliphatic rings. The Kier molecular flexibility index (Phi) is 4.45. The maximum atomic E-state index is 11.3. The second kappa shape index (κ2) is 6.07. The number of benzene rings is 1. The first kappa shape index (κ1) is 12.5. The fourth-order valence-electron chi connectivity index (χ4n) is 1.97. The zero-order valence-electron chi connectivity index (χ0n) is 10.0. The molecule has 92 valence electrons. The van der Waals surface area contributed by atoms with Crippen molar-refractivity contribution in [2.45, 2.75) is 23.5 Å². The Morgan fingerprint density at radius 1 is 1.47 bits per heavy atom. The van der Waals surface area contributed by atoms with E-state index in [1.54, 1.807) is 0 Å². The number of hydrogen-bond acceptors (Lipinski definition) is 3. The molecular weight excluding hydrogens is 232 g/mol. The van der Waals surface area contributed by atoms with Crippen LogP contribution in [-0.2, 0) is 11.2 Å². The Balaban J connectivity index is 1.72. The molecule has 0 spiro atoms. The molecule has 0 fully saturated rings. The van der Waals surface area contributed by atoms with Crippen LogP contribution in [0.4, 0.5) is 0 Å². The Morgan fingerprint density at radius 2 is 2.29 bits per heavy atom. The van der Waals surface area contributed by atoms with Crippen molar-refractivity contribution in [3.8, 4) is 0 Å². The number of rotatable bonds is 5. The second-order valence-corrected chi connectivity index (χ2v) is 5.48. The van der Waals surface area contributed by atoms with E-state index in [0.717, 1.165) is 13.0 Å². The summed E-state index contributed by atoms with van der Waals surface area (Å²) in [5.74, 6) is 0.0769. The number of hydrogen-bond donors (Lipinski definition) is 2. The fourth-order valence-corrected chi connectivity index (χ4v) is 3.26. The average molecular weight is 250 g/mol. The molecule has 0 aromatic heterocycles. The molecule has 2 N–H and O–H groups in total. The SMILES string of the molecule is CCNC(=O)CNCC1Cc2ccccc2S1. The molecule has 0 saturated carbocycles. The lowest BCUT2D eigenvalue weighted by atomic mass is 10.1. The van der Waals surface area contributed by atoms with Crippen molar-refractivity contribution < 1.29 is 4.79 Å². The van der Waals surface area contributed by atoms with Crippen LogP contribution in [0, 0.1) is 0 Å². The van der Waals surface area contributed by atoms with E-state index in [4.69, 9.17) is 0 Å². The summed E-state index contributed by atoms with van der Waals surface area (Å²) >= 11 is 1.91. The first-order chi connectivity index (χ1) is 8.29. The minimum absolute atomic E-state index is 0.0769. The zero-order chi connectivity index (χ0) is 12.1. The second-order valence-electron chi connectivity index (χ2n) is 4.14. The molecular formula is C13H18N2OS. The summed E-state index contributed by atoms with van der Waals surface area (Å²) in [6.45, 7) is 3.93. The van der Waals surface area contributed by atoms with Crippen LogP contribution < -0.4 is 10.6 Å². The summed E-state index contributed by atoms with van der Waals surface area (Å²) < 4.78 is 0. The Labute approximate surface area is 106 Å². The summed E-state index contributed by atoms with van der Waals surface area (Å²) in [5, 5.41) is 6.55. The van der Waals surface area contributed by atoms with Crippen LogP contribution in [0.3, 0.4) is 0 Å². The van der Waals surface area contributed by atoms with Crippen LogP contribution in [0.5, 0.6) is 0 Å². The Morgan fingerprint density at radius 3 is 3.06 bits per heavy atom. The van der Waals surface area contributed by atoms with Gasteiger partial charge in [0, 0.05) is 23.2 Å². The predicted molar refractivity (Wildman–Crippen MR) is 71.3 cm³/mol. The summed E-state index contributed by atoms with van der Waals surface area (Å²) in [6.07, 6.45) is 1.10. The number of carbonyl (C=O) groups excluding carboxylic acids is 1. The smallest absolute Gasteiger partial charge is 0.233 e. The standard InChI is InChI=1S/C13H18N2OS/c1-2-15-13(16)9-14-8-11-7-10-5-3-4-6-12(10)17-11/h3-6,11,14H,2,7-9H2,1H3,(H,15,16). The minimum Gasteiger partial charge on any atom is -0.355 e. The molecule has 3 nitrogen and oxygen atoms in total. The quantitative estimate of drug-likeness (QED) is 0.830. The van der Waals surface area contributed by atoms with Gasteiger partial charge in [0.25, 0.3) is 0 Å². The Hall–Kier alpha value is -1.00. The predicted octanol–water partition coefficient (Wildman–Crippen LogP) is 1.43. The van der Waals surface area contributed by atoms with E-state index in [1.165, 1.54) is 10.5 Å². The van der Waals surface area contributed by atoms with Gasteiger partial charge in [-0.3, -0.25) is 4.79 Å². The number of likely N-dealkylation sites (N-methyl/N-ethyl adjacent to an activating group) is 1. The largest absolute Gasteiger partial charge is 0.355 e.